The summed E-state index contributed by atoms with van der Waals surface area (Å²) in [6.45, 7) is 7.15. The van der Waals surface area contributed by atoms with E-state index in [-0.39, 0.29) is 0 Å². The number of para-hydroxylation sites is 1. The van der Waals surface area contributed by atoms with E-state index in [1.54, 1.807) is 0 Å². The van der Waals surface area contributed by atoms with Crippen LogP contribution in [-0.4, -0.2) is 6.04 Å². The molecule has 0 aliphatic heterocycles. The molecule has 0 aliphatic carbocycles. The van der Waals surface area contributed by atoms with Crippen molar-refractivity contribution in [3.63, 3.8) is 0 Å². The van der Waals surface area contributed by atoms with Crippen molar-refractivity contribution >= 4 is 15.9 Å². The summed E-state index contributed by atoms with van der Waals surface area (Å²) in [5.74, 6) is 1.73. The first-order valence-electron chi connectivity index (χ1n) is 6.81. The van der Waals surface area contributed by atoms with Crippen LogP contribution >= 0.6 is 15.9 Å². The third-order valence-corrected chi connectivity index (χ3v) is 3.60. The van der Waals surface area contributed by atoms with E-state index < -0.39 is 0 Å². The van der Waals surface area contributed by atoms with Crippen LogP contribution in [0.4, 0.5) is 0 Å². The summed E-state index contributed by atoms with van der Waals surface area (Å²) in [6.07, 6.45) is 0. The molecule has 0 saturated carbocycles. The number of benzene rings is 2. The van der Waals surface area contributed by atoms with E-state index in [2.05, 4.69) is 60.2 Å². The molecular weight excluding hydrogens is 314 g/mol. The number of rotatable bonds is 5. The van der Waals surface area contributed by atoms with Gasteiger partial charge in [-0.05, 0) is 46.6 Å². The van der Waals surface area contributed by atoms with E-state index in [0.717, 1.165) is 28.1 Å². The first-order valence-corrected chi connectivity index (χ1v) is 7.61. The second kappa shape index (κ2) is 6.91. The molecule has 0 atom stereocenters. The molecule has 2 rings (SSSR count). The minimum absolute atomic E-state index is 0.453. The van der Waals surface area contributed by atoms with Crippen molar-refractivity contribution in [1.29, 1.82) is 0 Å². The normalized spacial score (nSPS) is 10.8. The molecule has 3 heteroatoms. The van der Waals surface area contributed by atoms with Gasteiger partial charge in [0.1, 0.15) is 11.5 Å². The summed E-state index contributed by atoms with van der Waals surface area (Å²) < 4.78 is 7.02. The first kappa shape index (κ1) is 15.1. The zero-order valence-corrected chi connectivity index (χ0v) is 13.7. The summed E-state index contributed by atoms with van der Waals surface area (Å²) in [6, 6.07) is 14.7. The number of hydrogen-bond donors (Lipinski definition) is 1. The number of aryl methyl sites for hydroxylation is 1. The van der Waals surface area contributed by atoms with Crippen LogP contribution < -0.4 is 10.1 Å². The molecule has 1 N–H and O–H groups in total. The molecule has 2 aromatic rings. The Bertz CT molecular complexity index is 581. The average Bonchev–Trinajstić information content (AvgIpc) is 2.41. The lowest BCUT2D eigenvalue weighted by Crippen LogP contribution is -2.22. The Hall–Kier alpha value is -1.32. The molecule has 2 aromatic carbocycles. The van der Waals surface area contributed by atoms with Crippen molar-refractivity contribution in [3.05, 3.63) is 58.1 Å². The molecule has 0 radical (unpaired) electrons. The van der Waals surface area contributed by atoms with Crippen LogP contribution in [0.15, 0.2) is 46.9 Å². The van der Waals surface area contributed by atoms with Crippen molar-refractivity contribution in [3.8, 4) is 11.5 Å². The molecule has 2 nitrogen and oxygen atoms in total. The van der Waals surface area contributed by atoms with Gasteiger partial charge in [0.05, 0.1) is 4.47 Å². The largest absolute Gasteiger partial charge is 0.456 e. The highest BCUT2D eigenvalue weighted by molar-refractivity contribution is 9.10. The predicted molar refractivity (Wildman–Crippen MR) is 87.4 cm³/mol. The quantitative estimate of drug-likeness (QED) is 0.826. The molecule has 0 unspecified atom stereocenters. The second-order valence-electron chi connectivity index (χ2n) is 5.18. The van der Waals surface area contributed by atoms with Crippen LogP contribution in [-0.2, 0) is 6.54 Å². The summed E-state index contributed by atoms with van der Waals surface area (Å²) in [5, 5.41) is 3.42. The SMILES string of the molecule is Cc1ccc(Oc2ccccc2CNC(C)C)c(Br)c1. The Morgan fingerprint density at radius 1 is 1.10 bits per heavy atom. The van der Waals surface area contributed by atoms with Gasteiger partial charge in [0.2, 0.25) is 0 Å². The fourth-order valence-electron chi connectivity index (χ4n) is 1.87. The maximum Gasteiger partial charge on any atom is 0.141 e. The van der Waals surface area contributed by atoms with Gasteiger partial charge in [-0.15, -0.1) is 0 Å². The van der Waals surface area contributed by atoms with Crippen LogP contribution in [0.2, 0.25) is 0 Å². The fourth-order valence-corrected chi connectivity index (χ4v) is 2.44. The van der Waals surface area contributed by atoms with Crippen molar-refractivity contribution in [1.82, 2.24) is 5.32 Å². The van der Waals surface area contributed by atoms with Crippen LogP contribution in [0.25, 0.3) is 0 Å². The van der Waals surface area contributed by atoms with Gasteiger partial charge in [-0.1, -0.05) is 38.1 Å². The molecule has 0 heterocycles. The van der Waals surface area contributed by atoms with Crippen LogP contribution in [0.1, 0.15) is 25.0 Å². The maximum atomic E-state index is 6.04. The molecule has 0 saturated heterocycles. The van der Waals surface area contributed by atoms with Gasteiger partial charge < -0.3 is 10.1 Å². The van der Waals surface area contributed by atoms with Gasteiger partial charge >= 0.3 is 0 Å². The molecular formula is C17H20BrNO. The average molecular weight is 334 g/mol. The molecule has 106 valence electrons. The zero-order valence-electron chi connectivity index (χ0n) is 12.1. The maximum absolute atomic E-state index is 6.04. The second-order valence-corrected chi connectivity index (χ2v) is 6.03. The van der Waals surface area contributed by atoms with Crippen LogP contribution in [0.5, 0.6) is 11.5 Å². The van der Waals surface area contributed by atoms with Gasteiger partial charge in [-0.3, -0.25) is 0 Å². The molecule has 0 amide bonds. The topological polar surface area (TPSA) is 21.3 Å². The standard InChI is InChI=1S/C17H20BrNO/c1-12(2)19-11-14-6-4-5-7-16(14)20-17-9-8-13(3)10-15(17)18/h4-10,12,19H,11H2,1-3H3. The number of nitrogens with one attached hydrogen (secondary N) is 1. The Kier molecular flexibility index (Phi) is 5.21. The van der Waals surface area contributed by atoms with Gasteiger partial charge in [0, 0.05) is 18.2 Å². The van der Waals surface area contributed by atoms with Gasteiger partial charge in [0.25, 0.3) is 0 Å². The van der Waals surface area contributed by atoms with E-state index in [4.69, 9.17) is 4.74 Å². The Labute approximate surface area is 129 Å². The van der Waals surface area contributed by atoms with Crippen molar-refractivity contribution in [2.24, 2.45) is 0 Å². The van der Waals surface area contributed by atoms with E-state index in [0.29, 0.717) is 6.04 Å². The Morgan fingerprint density at radius 2 is 1.85 bits per heavy atom. The highest BCUT2D eigenvalue weighted by atomic mass is 79.9. The third kappa shape index (κ3) is 4.09. The lowest BCUT2D eigenvalue weighted by Gasteiger charge is -2.14. The minimum Gasteiger partial charge on any atom is -0.456 e. The van der Waals surface area contributed by atoms with E-state index in [1.165, 1.54) is 5.56 Å². The highest BCUT2D eigenvalue weighted by Gasteiger charge is 2.07. The predicted octanol–water partition coefficient (Wildman–Crippen LogP) is 5.05. The molecule has 0 aromatic heterocycles. The minimum atomic E-state index is 0.453. The number of hydrogen-bond acceptors (Lipinski definition) is 2. The van der Waals surface area contributed by atoms with Crippen molar-refractivity contribution in [2.45, 2.75) is 33.4 Å². The number of ether oxygens (including phenoxy) is 1. The molecule has 0 bridgehead atoms. The number of halogens is 1. The lowest BCUT2D eigenvalue weighted by atomic mass is 10.2. The summed E-state index contributed by atoms with van der Waals surface area (Å²) >= 11 is 3.55. The van der Waals surface area contributed by atoms with Crippen LogP contribution in [0.3, 0.4) is 0 Å². The molecule has 0 fully saturated rings. The Morgan fingerprint density at radius 3 is 2.55 bits per heavy atom. The smallest absolute Gasteiger partial charge is 0.141 e. The van der Waals surface area contributed by atoms with Gasteiger partial charge in [-0.2, -0.15) is 0 Å². The molecule has 20 heavy (non-hydrogen) atoms. The van der Waals surface area contributed by atoms with Crippen molar-refractivity contribution in [2.75, 3.05) is 0 Å². The van der Waals surface area contributed by atoms with Gasteiger partial charge in [-0.25, -0.2) is 0 Å². The lowest BCUT2D eigenvalue weighted by molar-refractivity contribution is 0.466. The third-order valence-electron chi connectivity index (χ3n) is 2.98. The van der Waals surface area contributed by atoms with Crippen LogP contribution in [0, 0.1) is 6.92 Å². The molecule has 0 aliphatic rings. The Balaban J connectivity index is 2.20. The van der Waals surface area contributed by atoms with E-state index in [1.807, 2.05) is 24.3 Å². The summed E-state index contributed by atoms with van der Waals surface area (Å²) in [7, 11) is 0. The van der Waals surface area contributed by atoms with E-state index in [9.17, 15) is 0 Å². The highest BCUT2D eigenvalue weighted by Crippen LogP contribution is 2.32. The summed E-state index contributed by atoms with van der Waals surface area (Å²) in [5.41, 5.74) is 2.37. The zero-order chi connectivity index (χ0) is 14.5. The fraction of sp³-hybridized carbons (Fsp3) is 0.294. The van der Waals surface area contributed by atoms with Crippen molar-refractivity contribution < 1.29 is 4.74 Å². The van der Waals surface area contributed by atoms with Gasteiger partial charge in [0.15, 0.2) is 0 Å². The first-order chi connectivity index (χ1) is 9.56. The monoisotopic (exact) mass is 333 g/mol. The summed E-state index contributed by atoms with van der Waals surface area (Å²) in [4.78, 5) is 0. The van der Waals surface area contributed by atoms with E-state index >= 15 is 0 Å². The molecule has 0 spiro atoms.